The van der Waals surface area contributed by atoms with Crippen molar-refractivity contribution in [3.8, 4) is 11.3 Å². The Labute approximate surface area is 188 Å². The number of pyridine rings is 1. The average Bonchev–Trinajstić information content (AvgIpc) is 3.56. The van der Waals surface area contributed by atoms with Gasteiger partial charge in [-0.3, -0.25) is 4.79 Å². The molecular formula is C25H21F2N3O3. The third-order valence-electron chi connectivity index (χ3n) is 5.86. The minimum atomic E-state index is -1.75. The quantitative estimate of drug-likeness (QED) is 0.446. The van der Waals surface area contributed by atoms with Crippen LogP contribution in [0.4, 0.5) is 8.78 Å². The highest BCUT2D eigenvalue weighted by atomic mass is 19.1. The van der Waals surface area contributed by atoms with Gasteiger partial charge in [0.1, 0.15) is 22.9 Å². The average molecular weight is 449 g/mol. The molecule has 1 fully saturated rings. The minimum Gasteiger partial charge on any atom is -0.383 e. The van der Waals surface area contributed by atoms with Crippen molar-refractivity contribution in [3.63, 3.8) is 0 Å². The lowest BCUT2D eigenvalue weighted by Crippen LogP contribution is -2.39. The first-order chi connectivity index (χ1) is 15.8. The van der Waals surface area contributed by atoms with Crippen LogP contribution in [0.2, 0.25) is 0 Å². The number of aromatic nitrogens is 2. The molecular weight excluding hydrogens is 428 g/mol. The zero-order valence-corrected chi connectivity index (χ0v) is 17.8. The molecule has 6 nitrogen and oxygen atoms in total. The van der Waals surface area contributed by atoms with Crippen LogP contribution < -0.4 is 5.32 Å². The van der Waals surface area contributed by atoms with Crippen LogP contribution in [0.25, 0.3) is 22.4 Å². The molecule has 0 radical (unpaired) electrons. The van der Waals surface area contributed by atoms with E-state index in [0.29, 0.717) is 22.7 Å². The van der Waals surface area contributed by atoms with Crippen molar-refractivity contribution >= 4 is 17.0 Å². The summed E-state index contributed by atoms with van der Waals surface area (Å²) in [6, 6.07) is 14.0. The van der Waals surface area contributed by atoms with Crippen molar-refractivity contribution < 1.29 is 23.2 Å². The molecule has 168 valence electrons. The molecule has 2 N–H and O–H groups in total. The third kappa shape index (κ3) is 4.09. The first-order valence-electron chi connectivity index (χ1n) is 10.7. The van der Waals surface area contributed by atoms with Crippen molar-refractivity contribution in [2.24, 2.45) is 0 Å². The summed E-state index contributed by atoms with van der Waals surface area (Å²) in [6.45, 7) is 1.07. The number of rotatable bonds is 6. The van der Waals surface area contributed by atoms with Gasteiger partial charge in [-0.25, -0.2) is 13.8 Å². The van der Waals surface area contributed by atoms with Crippen LogP contribution in [0.1, 0.15) is 47.3 Å². The number of halogens is 2. The number of carbonyl (C=O) groups excluding carboxylic acids is 1. The number of nitrogens with zero attached hydrogens (tertiary/aromatic N) is 2. The summed E-state index contributed by atoms with van der Waals surface area (Å²) in [5.74, 6) is -1.85. The first-order valence-corrected chi connectivity index (χ1v) is 10.7. The number of benzene rings is 2. The summed E-state index contributed by atoms with van der Waals surface area (Å²) >= 11 is 0. The highest BCUT2D eigenvalue weighted by Crippen LogP contribution is 2.41. The van der Waals surface area contributed by atoms with Gasteiger partial charge in [0.15, 0.2) is 0 Å². The highest BCUT2D eigenvalue weighted by molar-refractivity contribution is 6.09. The summed E-state index contributed by atoms with van der Waals surface area (Å²) in [4.78, 5) is 17.8. The van der Waals surface area contributed by atoms with E-state index in [0.717, 1.165) is 30.2 Å². The molecule has 0 bridgehead atoms. The van der Waals surface area contributed by atoms with Crippen LogP contribution in [0.15, 0.2) is 59.1 Å². The molecule has 0 aliphatic heterocycles. The smallest absolute Gasteiger partial charge is 0.259 e. The fourth-order valence-corrected chi connectivity index (χ4v) is 3.90. The molecule has 2 aromatic carbocycles. The van der Waals surface area contributed by atoms with Crippen molar-refractivity contribution in [2.45, 2.75) is 31.3 Å². The Kier molecular flexibility index (Phi) is 5.17. The molecule has 5 rings (SSSR count). The first kappa shape index (κ1) is 21.2. The Morgan fingerprint density at radius 1 is 1.18 bits per heavy atom. The lowest BCUT2D eigenvalue weighted by Gasteiger charge is -2.25. The number of nitrogens with one attached hydrogen (secondary N) is 1. The van der Waals surface area contributed by atoms with Gasteiger partial charge in [0.05, 0.1) is 17.5 Å². The largest absolute Gasteiger partial charge is 0.383 e. The number of carbonyl (C=O) groups is 1. The third-order valence-corrected chi connectivity index (χ3v) is 5.86. The van der Waals surface area contributed by atoms with Crippen LogP contribution in [-0.4, -0.2) is 27.7 Å². The lowest BCUT2D eigenvalue weighted by atomic mass is 9.95. The van der Waals surface area contributed by atoms with Crippen LogP contribution in [0.5, 0.6) is 0 Å². The summed E-state index contributed by atoms with van der Waals surface area (Å²) < 4.78 is 32.9. The van der Waals surface area contributed by atoms with Gasteiger partial charge in [0.25, 0.3) is 11.6 Å². The van der Waals surface area contributed by atoms with Crippen LogP contribution >= 0.6 is 0 Å². The summed E-state index contributed by atoms with van der Waals surface area (Å²) in [6.07, 6.45) is 1.97. The maximum absolute atomic E-state index is 14.2. The van der Waals surface area contributed by atoms with E-state index in [1.807, 2.05) is 30.3 Å². The zero-order chi connectivity index (χ0) is 23.2. The van der Waals surface area contributed by atoms with Gasteiger partial charge in [-0.2, -0.15) is 0 Å². The second kappa shape index (κ2) is 8.04. The molecule has 8 heteroatoms. The van der Waals surface area contributed by atoms with E-state index in [2.05, 4.69) is 15.5 Å². The minimum absolute atomic E-state index is 0.113. The molecule has 1 aliphatic carbocycles. The Morgan fingerprint density at radius 3 is 2.64 bits per heavy atom. The predicted octanol–water partition coefficient (Wildman–Crippen LogP) is 4.68. The standard InChI is InChI=1S/C25H21F2N3O3/c1-25(32,18-10-9-16(26)11-19(18)27)13-28-23(31)17-12-20(14-7-8-14)29-24-21(17)22(30-33-24)15-5-3-2-4-6-15/h2-6,9-12,14,32H,7-8,13H2,1H3,(H,28,31). The van der Waals surface area contributed by atoms with Gasteiger partial charge >= 0.3 is 0 Å². The molecule has 4 aromatic rings. The predicted molar refractivity (Wildman–Crippen MR) is 117 cm³/mol. The molecule has 1 amide bonds. The van der Waals surface area contributed by atoms with E-state index >= 15 is 0 Å². The number of amides is 1. The van der Waals surface area contributed by atoms with Crippen molar-refractivity contribution in [3.05, 3.63) is 83.1 Å². The van der Waals surface area contributed by atoms with Gasteiger partial charge in [-0.15, -0.1) is 0 Å². The van der Waals surface area contributed by atoms with Crippen molar-refractivity contribution in [1.29, 1.82) is 0 Å². The van der Waals surface area contributed by atoms with E-state index in [-0.39, 0.29) is 23.7 Å². The van der Waals surface area contributed by atoms with Gasteiger partial charge in [0.2, 0.25) is 0 Å². The number of fused-ring (bicyclic) bond motifs is 1. The normalized spacial score (nSPS) is 15.4. The molecule has 2 aromatic heterocycles. The maximum atomic E-state index is 14.2. The van der Waals surface area contributed by atoms with E-state index in [1.165, 1.54) is 13.0 Å². The fraction of sp³-hybridized carbons (Fsp3) is 0.240. The van der Waals surface area contributed by atoms with E-state index in [9.17, 15) is 18.7 Å². The second-order valence-corrected chi connectivity index (χ2v) is 8.53. The monoisotopic (exact) mass is 449 g/mol. The van der Waals surface area contributed by atoms with Gasteiger partial charge in [-0.1, -0.05) is 41.6 Å². The maximum Gasteiger partial charge on any atom is 0.259 e. The van der Waals surface area contributed by atoms with Crippen molar-refractivity contribution in [1.82, 2.24) is 15.5 Å². The Hall–Kier alpha value is -3.65. The van der Waals surface area contributed by atoms with E-state index < -0.39 is 23.1 Å². The summed E-state index contributed by atoms with van der Waals surface area (Å²) in [5, 5.41) is 18.1. The second-order valence-electron chi connectivity index (χ2n) is 8.53. The molecule has 1 saturated carbocycles. The SMILES string of the molecule is CC(O)(CNC(=O)c1cc(C2CC2)nc2onc(-c3ccccc3)c12)c1ccc(F)cc1F. The highest BCUT2D eigenvalue weighted by Gasteiger charge is 2.31. The Bertz CT molecular complexity index is 1350. The zero-order valence-electron chi connectivity index (χ0n) is 17.8. The van der Waals surface area contributed by atoms with Crippen molar-refractivity contribution in [2.75, 3.05) is 6.54 Å². The van der Waals surface area contributed by atoms with Crippen LogP contribution in [0.3, 0.4) is 0 Å². The van der Waals surface area contributed by atoms with Crippen LogP contribution in [-0.2, 0) is 5.60 Å². The van der Waals surface area contributed by atoms with E-state index in [4.69, 9.17) is 4.52 Å². The number of hydrogen-bond donors (Lipinski definition) is 2. The molecule has 0 spiro atoms. The Morgan fingerprint density at radius 2 is 1.94 bits per heavy atom. The van der Waals surface area contributed by atoms with Gasteiger partial charge in [-0.05, 0) is 31.9 Å². The number of aliphatic hydroxyl groups is 1. The molecule has 0 saturated heterocycles. The van der Waals surface area contributed by atoms with E-state index in [1.54, 1.807) is 6.07 Å². The molecule has 1 unspecified atom stereocenters. The fourth-order valence-electron chi connectivity index (χ4n) is 3.90. The number of hydrogen-bond acceptors (Lipinski definition) is 5. The molecule has 33 heavy (non-hydrogen) atoms. The summed E-state index contributed by atoms with van der Waals surface area (Å²) in [5.41, 5.74) is 0.721. The van der Waals surface area contributed by atoms with Gasteiger partial charge < -0.3 is 14.9 Å². The summed E-state index contributed by atoms with van der Waals surface area (Å²) in [7, 11) is 0. The molecule has 1 atom stereocenters. The topological polar surface area (TPSA) is 88.2 Å². The molecule has 2 heterocycles. The lowest BCUT2D eigenvalue weighted by molar-refractivity contribution is 0.0495. The van der Waals surface area contributed by atoms with Crippen LogP contribution in [0, 0.1) is 11.6 Å². The Balaban J connectivity index is 1.50. The molecule has 1 aliphatic rings. The van der Waals surface area contributed by atoms with Gasteiger partial charge in [0, 0.05) is 28.8 Å².